The number of nitrogen functional groups attached to an aromatic ring is 1. The molecule has 1 aromatic heterocycles. The number of aromatic nitrogens is 1. The number of nitrogens with one attached hydrogen (secondary N) is 1. The molecule has 4 nitrogen and oxygen atoms in total. The van der Waals surface area contributed by atoms with Crippen LogP contribution in [0.15, 0.2) is 35.2 Å². The van der Waals surface area contributed by atoms with Crippen LogP contribution in [-0.4, -0.2) is 10.9 Å². The summed E-state index contributed by atoms with van der Waals surface area (Å²) in [6.07, 6.45) is 0. The number of rotatable bonds is 4. The van der Waals surface area contributed by atoms with Gasteiger partial charge in [-0.15, -0.1) is 11.3 Å². The van der Waals surface area contributed by atoms with E-state index in [1.807, 2.05) is 36.6 Å². The average Bonchev–Trinajstić information content (AvgIpc) is 2.88. The summed E-state index contributed by atoms with van der Waals surface area (Å²) in [7, 11) is 0. The smallest absolute Gasteiger partial charge is 0.227 e. The lowest BCUT2D eigenvalue weighted by atomic mass is 10.00. The van der Waals surface area contributed by atoms with Gasteiger partial charge >= 0.3 is 0 Å². The van der Waals surface area contributed by atoms with Gasteiger partial charge in [0.05, 0.1) is 23.7 Å². The topological polar surface area (TPSA) is 68.0 Å². The highest BCUT2D eigenvalue weighted by atomic mass is 32.1. The summed E-state index contributed by atoms with van der Waals surface area (Å²) in [6.45, 7) is 2.33. The van der Waals surface area contributed by atoms with Gasteiger partial charge in [0.2, 0.25) is 5.91 Å². The number of carbonyl (C=O) groups is 1. The van der Waals surface area contributed by atoms with Crippen LogP contribution in [0.3, 0.4) is 0 Å². The third kappa shape index (κ3) is 3.07. The number of hydrogen-bond donors (Lipinski definition) is 2. The normalized spacial score (nSPS) is 12.1. The Labute approximate surface area is 110 Å². The highest BCUT2D eigenvalue weighted by Gasteiger charge is 2.15. The second kappa shape index (κ2) is 5.64. The minimum atomic E-state index is -0.216. The van der Waals surface area contributed by atoms with Crippen LogP contribution in [0.25, 0.3) is 0 Å². The van der Waals surface area contributed by atoms with Gasteiger partial charge in [-0.3, -0.25) is 4.79 Å². The standard InChI is InChI=1S/C13H15N3OS/c1-9(10-3-2-4-11(14)5-10)13(17)15-6-12-7-18-8-16-12/h2-5,7-9H,6,14H2,1H3,(H,15,17). The first kappa shape index (κ1) is 12.6. The third-order valence-corrected chi connectivity index (χ3v) is 3.37. The van der Waals surface area contributed by atoms with Crippen LogP contribution in [0.4, 0.5) is 5.69 Å². The van der Waals surface area contributed by atoms with E-state index >= 15 is 0 Å². The largest absolute Gasteiger partial charge is 0.399 e. The van der Waals surface area contributed by atoms with Crippen LogP contribution in [0.2, 0.25) is 0 Å². The third-order valence-electron chi connectivity index (χ3n) is 2.73. The number of nitrogens with two attached hydrogens (primary N) is 1. The molecule has 1 amide bonds. The molecule has 1 heterocycles. The van der Waals surface area contributed by atoms with E-state index in [-0.39, 0.29) is 11.8 Å². The van der Waals surface area contributed by atoms with Crippen LogP contribution >= 0.6 is 11.3 Å². The molecule has 5 heteroatoms. The van der Waals surface area contributed by atoms with Crippen LogP contribution in [-0.2, 0) is 11.3 Å². The summed E-state index contributed by atoms with van der Waals surface area (Å²) in [4.78, 5) is 16.1. The Hall–Kier alpha value is -1.88. The molecular formula is C13H15N3OS. The van der Waals surface area contributed by atoms with E-state index in [4.69, 9.17) is 5.73 Å². The van der Waals surface area contributed by atoms with Crippen LogP contribution in [0.1, 0.15) is 24.1 Å². The lowest BCUT2D eigenvalue weighted by Gasteiger charge is -2.12. The Morgan fingerprint density at radius 1 is 1.56 bits per heavy atom. The van der Waals surface area contributed by atoms with Gasteiger partial charge in [0.25, 0.3) is 0 Å². The summed E-state index contributed by atoms with van der Waals surface area (Å²) < 4.78 is 0. The molecule has 0 aliphatic rings. The monoisotopic (exact) mass is 261 g/mol. The molecule has 0 aliphatic carbocycles. The van der Waals surface area contributed by atoms with E-state index in [1.165, 1.54) is 11.3 Å². The molecule has 94 valence electrons. The molecule has 0 fully saturated rings. The lowest BCUT2D eigenvalue weighted by Crippen LogP contribution is -2.27. The van der Waals surface area contributed by atoms with Gasteiger partial charge in [0, 0.05) is 11.1 Å². The second-order valence-corrected chi connectivity index (χ2v) is 4.81. The van der Waals surface area contributed by atoms with E-state index in [1.54, 1.807) is 5.51 Å². The summed E-state index contributed by atoms with van der Waals surface area (Å²) in [6, 6.07) is 7.40. The molecule has 0 aliphatic heterocycles. The van der Waals surface area contributed by atoms with Crippen molar-refractivity contribution in [3.8, 4) is 0 Å². The molecule has 0 spiro atoms. The minimum Gasteiger partial charge on any atom is -0.399 e. The number of thiazole rings is 1. The van der Waals surface area contributed by atoms with Crippen molar-refractivity contribution in [3.63, 3.8) is 0 Å². The fourth-order valence-corrected chi connectivity index (χ4v) is 2.19. The zero-order valence-electron chi connectivity index (χ0n) is 10.1. The lowest BCUT2D eigenvalue weighted by molar-refractivity contribution is -0.122. The van der Waals surface area contributed by atoms with Crippen LogP contribution in [0, 0.1) is 0 Å². The van der Waals surface area contributed by atoms with E-state index < -0.39 is 0 Å². The van der Waals surface area contributed by atoms with E-state index in [2.05, 4.69) is 10.3 Å². The van der Waals surface area contributed by atoms with Crippen molar-refractivity contribution in [1.29, 1.82) is 0 Å². The molecule has 0 radical (unpaired) electrons. The summed E-state index contributed by atoms with van der Waals surface area (Å²) >= 11 is 1.52. The molecule has 3 N–H and O–H groups in total. The second-order valence-electron chi connectivity index (χ2n) is 4.09. The number of anilines is 1. The van der Waals surface area contributed by atoms with Gasteiger partial charge in [-0.2, -0.15) is 0 Å². The summed E-state index contributed by atoms with van der Waals surface area (Å²) in [5.74, 6) is -0.235. The van der Waals surface area contributed by atoms with E-state index in [9.17, 15) is 4.79 Å². The van der Waals surface area contributed by atoms with Crippen molar-refractivity contribution >= 4 is 22.9 Å². The summed E-state index contributed by atoms with van der Waals surface area (Å²) in [5, 5.41) is 4.79. The number of carbonyl (C=O) groups excluding carboxylic acids is 1. The number of nitrogens with zero attached hydrogens (tertiary/aromatic N) is 1. The molecule has 2 aromatic rings. The minimum absolute atomic E-state index is 0.0198. The fraction of sp³-hybridized carbons (Fsp3) is 0.231. The molecule has 1 atom stereocenters. The summed E-state index contributed by atoms with van der Waals surface area (Å²) in [5.41, 5.74) is 9.94. The maximum atomic E-state index is 12.0. The number of benzene rings is 1. The van der Waals surface area contributed by atoms with Crippen LogP contribution < -0.4 is 11.1 Å². The molecule has 1 aromatic carbocycles. The van der Waals surface area contributed by atoms with Crippen molar-refractivity contribution in [3.05, 3.63) is 46.4 Å². The Morgan fingerprint density at radius 3 is 3.06 bits per heavy atom. The SMILES string of the molecule is CC(C(=O)NCc1cscn1)c1cccc(N)c1. The van der Waals surface area contributed by atoms with E-state index in [0.717, 1.165) is 11.3 Å². The Kier molecular flexibility index (Phi) is 3.94. The highest BCUT2D eigenvalue weighted by molar-refractivity contribution is 7.07. The maximum Gasteiger partial charge on any atom is 0.227 e. The van der Waals surface area contributed by atoms with Gasteiger partial charge in [0.1, 0.15) is 0 Å². The van der Waals surface area contributed by atoms with Crippen molar-refractivity contribution in [2.75, 3.05) is 5.73 Å². The fourth-order valence-electron chi connectivity index (χ4n) is 1.64. The van der Waals surface area contributed by atoms with Gasteiger partial charge in [-0.25, -0.2) is 4.98 Å². The molecule has 0 saturated heterocycles. The number of hydrogen-bond acceptors (Lipinski definition) is 4. The van der Waals surface area contributed by atoms with Gasteiger partial charge in [0.15, 0.2) is 0 Å². The molecular weight excluding hydrogens is 246 g/mol. The Balaban J connectivity index is 1.96. The Morgan fingerprint density at radius 2 is 2.39 bits per heavy atom. The highest BCUT2D eigenvalue weighted by Crippen LogP contribution is 2.17. The zero-order valence-corrected chi connectivity index (χ0v) is 10.9. The van der Waals surface area contributed by atoms with Gasteiger partial charge in [-0.1, -0.05) is 12.1 Å². The van der Waals surface area contributed by atoms with Crippen molar-refractivity contribution < 1.29 is 4.79 Å². The average molecular weight is 261 g/mol. The predicted molar refractivity (Wildman–Crippen MR) is 73.2 cm³/mol. The molecule has 0 saturated carbocycles. The molecule has 2 rings (SSSR count). The maximum absolute atomic E-state index is 12.0. The molecule has 1 unspecified atom stereocenters. The zero-order chi connectivity index (χ0) is 13.0. The van der Waals surface area contributed by atoms with Gasteiger partial charge in [-0.05, 0) is 24.6 Å². The van der Waals surface area contributed by atoms with Crippen molar-refractivity contribution in [1.82, 2.24) is 10.3 Å². The first-order chi connectivity index (χ1) is 8.66. The quantitative estimate of drug-likeness (QED) is 0.829. The first-order valence-corrected chi connectivity index (χ1v) is 6.61. The van der Waals surface area contributed by atoms with E-state index in [0.29, 0.717) is 12.2 Å². The Bertz CT molecular complexity index is 525. The predicted octanol–water partition coefficient (Wildman–Crippen LogP) is 2.15. The molecule has 18 heavy (non-hydrogen) atoms. The van der Waals surface area contributed by atoms with Crippen LogP contribution in [0.5, 0.6) is 0 Å². The number of amides is 1. The molecule has 0 bridgehead atoms. The van der Waals surface area contributed by atoms with Gasteiger partial charge < -0.3 is 11.1 Å². The van der Waals surface area contributed by atoms with Crippen molar-refractivity contribution in [2.45, 2.75) is 19.4 Å². The van der Waals surface area contributed by atoms with Crippen molar-refractivity contribution in [2.24, 2.45) is 0 Å². The first-order valence-electron chi connectivity index (χ1n) is 5.67.